The lowest BCUT2D eigenvalue weighted by Gasteiger charge is -2.31. The molecule has 3 nitrogen and oxygen atoms in total. The van der Waals surface area contributed by atoms with Crippen LogP contribution < -0.4 is 5.32 Å². The van der Waals surface area contributed by atoms with Gasteiger partial charge in [-0.25, -0.2) is 0 Å². The van der Waals surface area contributed by atoms with Crippen LogP contribution in [0.25, 0.3) is 0 Å². The number of rotatable bonds is 2. The summed E-state index contributed by atoms with van der Waals surface area (Å²) in [7, 11) is 0. The molecule has 0 aliphatic carbocycles. The van der Waals surface area contributed by atoms with Gasteiger partial charge in [0.1, 0.15) is 0 Å². The molecule has 2 aliphatic heterocycles. The van der Waals surface area contributed by atoms with E-state index in [1.165, 1.54) is 45.2 Å². The van der Waals surface area contributed by atoms with E-state index < -0.39 is 0 Å². The largest absolute Gasteiger partial charge is 0.395 e. The van der Waals surface area contributed by atoms with Crippen LogP contribution in [0.2, 0.25) is 0 Å². The average molecular weight is 198 g/mol. The van der Waals surface area contributed by atoms with Crippen molar-refractivity contribution in [3.05, 3.63) is 0 Å². The van der Waals surface area contributed by atoms with Gasteiger partial charge in [-0.05, 0) is 51.7 Å². The third-order valence-corrected chi connectivity index (χ3v) is 3.65. The van der Waals surface area contributed by atoms with Crippen molar-refractivity contribution in [3.63, 3.8) is 0 Å². The van der Waals surface area contributed by atoms with Crippen LogP contribution in [0.15, 0.2) is 0 Å². The Balaban J connectivity index is 1.91. The molecule has 0 amide bonds. The van der Waals surface area contributed by atoms with Crippen LogP contribution >= 0.6 is 0 Å². The molecule has 2 heterocycles. The minimum atomic E-state index is 0.351. The quantitative estimate of drug-likeness (QED) is 0.681. The summed E-state index contributed by atoms with van der Waals surface area (Å²) in [5, 5.41) is 12.7. The van der Waals surface area contributed by atoms with Gasteiger partial charge in [0.05, 0.1) is 6.61 Å². The van der Waals surface area contributed by atoms with Crippen LogP contribution in [0.1, 0.15) is 32.1 Å². The molecular formula is C11H22N2O. The first-order valence-corrected chi connectivity index (χ1v) is 5.99. The second-order valence-corrected chi connectivity index (χ2v) is 4.55. The lowest BCUT2D eigenvalue weighted by atomic mass is 10.1. The van der Waals surface area contributed by atoms with Crippen molar-refractivity contribution in [2.45, 2.75) is 44.2 Å². The van der Waals surface area contributed by atoms with Gasteiger partial charge < -0.3 is 10.4 Å². The van der Waals surface area contributed by atoms with Gasteiger partial charge in [0.2, 0.25) is 0 Å². The average Bonchev–Trinajstić information content (AvgIpc) is 2.52. The third kappa shape index (κ3) is 2.27. The summed E-state index contributed by atoms with van der Waals surface area (Å²) in [4.78, 5) is 2.55. The maximum Gasteiger partial charge on any atom is 0.0586 e. The van der Waals surface area contributed by atoms with E-state index in [1.54, 1.807) is 0 Å². The highest BCUT2D eigenvalue weighted by Gasteiger charge is 2.29. The molecule has 0 aromatic heterocycles. The topological polar surface area (TPSA) is 35.5 Å². The zero-order valence-corrected chi connectivity index (χ0v) is 8.91. The summed E-state index contributed by atoms with van der Waals surface area (Å²) in [5.41, 5.74) is 0. The van der Waals surface area contributed by atoms with E-state index in [4.69, 9.17) is 0 Å². The summed E-state index contributed by atoms with van der Waals surface area (Å²) in [6, 6.07) is 1.18. The van der Waals surface area contributed by atoms with Crippen LogP contribution in [0.4, 0.5) is 0 Å². The van der Waals surface area contributed by atoms with Gasteiger partial charge in [0.25, 0.3) is 0 Å². The lowest BCUT2D eigenvalue weighted by Crippen LogP contribution is -2.41. The Hall–Kier alpha value is -0.120. The van der Waals surface area contributed by atoms with Gasteiger partial charge in [0.15, 0.2) is 0 Å². The molecule has 2 fully saturated rings. The molecule has 0 spiro atoms. The van der Waals surface area contributed by atoms with Crippen molar-refractivity contribution in [1.29, 1.82) is 0 Å². The Kier molecular flexibility index (Phi) is 3.79. The van der Waals surface area contributed by atoms with Crippen molar-refractivity contribution < 1.29 is 5.11 Å². The molecule has 0 radical (unpaired) electrons. The van der Waals surface area contributed by atoms with E-state index in [0.29, 0.717) is 12.6 Å². The first-order valence-electron chi connectivity index (χ1n) is 5.99. The Morgan fingerprint density at radius 2 is 2.07 bits per heavy atom. The van der Waals surface area contributed by atoms with Crippen LogP contribution in [0.3, 0.4) is 0 Å². The van der Waals surface area contributed by atoms with E-state index in [2.05, 4.69) is 10.2 Å². The predicted octanol–water partition coefficient (Wildman–Crippen LogP) is 0.585. The van der Waals surface area contributed by atoms with E-state index in [1.807, 2.05) is 0 Å². The van der Waals surface area contributed by atoms with Gasteiger partial charge >= 0.3 is 0 Å². The number of nitrogens with one attached hydrogen (secondary N) is 1. The fourth-order valence-corrected chi connectivity index (χ4v) is 2.87. The smallest absolute Gasteiger partial charge is 0.0586 e. The monoisotopic (exact) mass is 198 g/mol. The fraction of sp³-hybridized carbons (Fsp3) is 1.00. The second kappa shape index (κ2) is 5.10. The Bertz CT molecular complexity index is 167. The van der Waals surface area contributed by atoms with Crippen molar-refractivity contribution >= 4 is 0 Å². The number of nitrogens with zero attached hydrogens (tertiary/aromatic N) is 1. The zero-order valence-electron chi connectivity index (χ0n) is 8.91. The normalized spacial score (nSPS) is 35.8. The molecule has 2 N–H and O–H groups in total. The van der Waals surface area contributed by atoms with E-state index in [-0.39, 0.29) is 0 Å². The molecule has 1 unspecified atom stereocenters. The van der Waals surface area contributed by atoms with Crippen LogP contribution in [-0.2, 0) is 0 Å². The number of likely N-dealkylation sites (tertiary alicyclic amines) is 1. The molecule has 2 rings (SSSR count). The van der Waals surface area contributed by atoms with Gasteiger partial charge in [-0.15, -0.1) is 0 Å². The van der Waals surface area contributed by atoms with E-state index in [9.17, 15) is 5.11 Å². The SMILES string of the molecule is OC[C@@H]1CCCN1C1CCCNCC1. The molecule has 0 saturated carbocycles. The molecule has 0 bridgehead atoms. The highest BCUT2D eigenvalue weighted by atomic mass is 16.3. The van der Waals surface area contributed by atoms with Crippen LogP contribution in [0.5, 0.6) is 0 Å². The second-order valence-electron chi connectivity index (χ2n) is 4.55. The van der Waals surface area contributed by atoms with Gasteiger partial charge in [-0.3, -0.25) is 4.90 Å². The Morgan fingerprint density at radius 1 is 1.14 bits per heavy atom. The highest BCUT2D eigenvalue weighted by Crippen LogP contribution is 2.24. The van der Waals surface area contributed by atoms with Gasteiger partial charge in [0, 0.05) is 12.1 Å². The summed E-state index contributed by atoms with van der Waals surface area (Å²) in [6.07, 6.45) is 6.33. The molecule has 2 aliphatic rings. The lowest BCUT2D eigenvalue weighted by molar-refractivity contribution is 0.112. The van der Waals surface area contributed by atoms with E-state index >= 15 is 0 Å². The summed E-state index contributed by atoms with van der Waals surface area (Å²) < 4.78 is 0. The van der Waals surface area contributed by atoms with E-state index in [0.717, 1.165) is 12.6 Å². The van der Waals surface area contributed by atoms with Crippen molar-refractivity contribution in [2.24, 2.45) is 0 Å². The number of aliphatic hydroxyl groups is 1. The zero-order chi connectivity index (χ0) is 9.80. The standard InChI is InChI=1S/C11H22N2O/c14-9-11-4-2-8-13(11)10-3-1-6-12-7-5-10/h10-12,14H,1-9H2/t10?,11-/m0/s1. The molecule has 0 aromatic rings. The molecular weight excluding hydrogens is 176 g/mol. The maximum atomic E-state index is 9.28. The van der Waals surface area contributed by atoms with Crippen molar-refractivity contribution in [1.82, 2.24) is 10.2 Å². The predicted molar refractivity (Wildman–Crippen MR) is 57.3 cm³/mol. The fourth-order valence-electron chi connectivity index (χ4n) is 2.87. The third-order valence-electron chi connectivity index (χ3n) is 3.65. The highest BCUT2D eigenvalue weighted by molar-refractivity contribution is 4.85. The molecule has 3 heteroatoms. The van der Waals surface area contributed by atoms with Crippen LogP contribution in [0, 0.1) is 0 Å². The van der Waals surface area contributed by atoms with Crippen molar-refractivity contribution in [3.8, 4) is 0 Å². The van der Waals surface area contributed by atoms with Crippen molar-refractivity contribution in [2.75, 3.05) is 26.2 Å². The Morgan fingerprint density at radius 3 is 2.93 bits per heavy atom. The first-order chi connectivity index (χ1) is 6.92. The number of hydrogen-bond acceptors (Lipinski definition) is 3. The molecule has 82 valence electrons. The number of hydrogen-bond donors (Lipinski definition) is 2. The minimum absolute atomic E-state index is 0.351. The summed E-state index contributed by atoms with van der Waals surface area (Å²) in [5.74, 6) is 0. The summed E-state index contributed by atoms with van der Waals surface area (Å²) >= 11 is 0. The maximum absolute atomic E-state index is 9.28. The van der Waals surface area contributed by atoms with Gasteiger partial charge in [-0.1, -0.05) is 0 Å². The van der Waals surface area contributed by atoms with Gasteiger partial charge in [-0.2, -0.15) is 0 Å². The number of aliphatic hydroxyl groups excluding tert-OH is 1. The molecule has 0 aromatic carbocycles. The first kappa shape index (κ1) is 10.4. The summed E-state index contributed by atoms with van der Waals surface area (Å²) in [6.45, 7) is 3.88. The Labute approximate surface area is 86.5 Å². The molecule has 14 heavy (non-hydrogen) atoms. The minimum Gasteiger partial charge on any atom is -0.395 e. The molecule has 2 atom stereocenters. The molecule has 2 saturated heterocycles. The van der Waals surface area contributed by atoms with Crippen LogP contribution in [-0.4, -0.2) is 48.3 Å².